The summed E-state index contributed by atoms with van der Waals surface area (Å²) < 4.78 is 7.16. The lowest BCUT2D eigenvalue weighted by Crippen LogP contribution is -2.62. The van der Waals surface area contributed by atoms with Crippen molar-refractivity contribution >= 4 is 68.1 Å². The van der Waals surface area contributed by atoms with Crippen molar-refractivity contribution in [2.24, 2.45) is 0 Å². The van der Waals surface area contributed by atoms with Gasteiger partial charge in [0, 0.05) is 55.6 Å². The van der Waals surface area contributed by atoms with Gasteiger partial charge >= 0.3 is 6.85 Å². The van der Waals surface area contributed by atoms with Crippen molar-refractivity contribution < 1.29 is 4.42 Å². The summed E-state index contributed by atoms with van der Waals surface area (Å²) in [7, 11) is 0. The molecule has 8 aromatic carbocycles. The number of anilines is 5. The fourth-order valence-corrected chi connectivity index (χ4v) is 11.7. The molecule has 3 nitrogen and oxygen atoms in total. The molecule has 0 fully saturated rings. The van der Waals surface area contributed by atoms with Crippen LogP contribution >= 0.6 is 0 Å². The first-order chi connectivity index (χ1) is 31.9. The Labute approximate surface area is 397 Å². The molecule has 0 atom stereocenters. The molecule has 12 rings (SSSR count). The smallest absolute Gasteiger partial charge is 0.333 e. The zero-order chi connectivity index (χ0) is 46.5. The van der Waals surface area contributed by atoms with Gasteiger partial charge in [0.25, 0.3) is 0 Å². The molecule has 4 heteroatoms. The second kappa shape index (κ2) is 14.1. The van der Waals surface area contributed by atoms with Gasteiger partial charge in [0.05, 0.1) is 5.69 Å². The first kappa shape index (κ1) is 41.6. The van der Waals surface area contributed by atoms with Crippen molar-refractivity contribution in [2.75, 3.05) is 9.71 Å². The first-order valence-electron chi connectivity index (χ1n) is 24.2. The molecule has 1 aromatic heterocycles. The molecular formula is C63H59BN2O. The van der Waals surface area contributed by atoms with E-state index in [1.807, 2.05) is 0 Å². The Morgan fingerprint density at radius 2 is 1.12 bits per heavy atom. The number of benzene rings is 8. The maximum absolute atomic E-state index is 7.16. The molecule has 0 saturated heterocycles. The highest BCUT2D eigenvalue weighted by atomic mass is 16.3. The van der Waals surface area contributed by atoms with Gasteiger partial charge in [0.2, 0.25) is 0 Å². The Balaban J connectivity index is 1.29. The molecule has 3 aliphatic rings. The molecule has 0 radical (unpaired) electrons. The molecule has 3 heterocycles. The molecule has 330 valence electrons. The van der Waals surface area contributed by atoms with Crippen molar-refractivity contribution in [3.63, 3.8) is 0 Å². The van der Waals surface area contributed by atoms with E-state index in [-0.39, 0.29) is 28.5 Å². The van der Waals surface area contributed by atoms with Crippen molar-refractivity contribution in [2.45, 2.75) is 97.8 Å². The number of furan rings is 1. The number of para-hydroxylation sites is 1. The van der Waals surface area contributed by atoms with Gasteiger partial charge in [0.1, 0.15) is 11.2 Å². The lowest BCUT2D eigenvalue weighted by molar-refractivity contribution is 0.590. The van der Waals surface area contributed by atoms with E-state index in [0.717, 1.165) is 21.9 Å². The van der Waals surface area contributed by atoms with E-state index in [4.69, 9.17) is 4.42 Å². The molecule has 67 heavy (non-hydrogen) atoms. The zero-order valence-corrected chi connectivity index (χ0v) is 40.9. The van der Waals surface area contributed by atoms with Gasteiger partial charge in [-0.1, -0.05) is 191 Å². The van der Waals surface area contributed by atoms with Crippen molar-refractivity contribution in [1.82, 2.24) is 0 Å². The highest BCUT2D eigenvalue weighted by Gasteiger charge is 2.50. The maximum atomic E-state index is 7.16. The van der Waals surface area contributed by atoms with Crippen LogP contribution in [0.4, 0.5) is 28.4 Å². The molecule has 0 N–H and O–H groups in total. The van der Waals surface area contributed by atoms with E-state index >= 15 is 0 Å². The van der Waals surface area contributed by atoms with E-state index in [2.05, 4.69) is 244 Å². The third-order valence-corrected chi connectivity index (χ3v) is 15.3. The Kier molecular flexibility index (Phi) is 8.78. The second-order valence-corrected chi connectivity index (χ2v) is 23.0. The van der Waals surface area contributed by atoms with E-state index in [1.165, 1.54) is 101 Å². The normalized spacial score (nSPS) is 14.8. The third-order valence-electron chi connectivity index (χ3n) is 15.3. The fraction of sp³-hybridized carbons (Fsp3) is 0.238. The van der Waals surface area contributed by atoms with Gasteiger partial charge in [-0.2, -0.15) is 0 Å². The number of nitrogens with zero attached hydrogens (tertiary/aromatic N) is 2. The standard InChI is InChI=1S/C63H59BN2O/c1-60(2,3)39-25-29-42(30-26-39)66-52-36-41(62(7,8)9)27-31-46(52)55-57-53(37-48-44-22-16-18-24-54(44)67-59(48)55)65(51-34-28-40(61(4,5)6)35-47(51)38-19-13-12-14-20-38)58-50(64(57)66)33-32-45-43-21-15-17-23-49(43)63(10,11)56(45)58/h12-37H,1-11H3. The number of fused-ring (bicyclic) bond motifs is 12. The average molecular weight is 871 g/mol. The Morgan fingerprint density at radius 1 is 0.493 bits per heavy atom. The van der Waals surface area contributed by atoms with Gasteiger partial charge in [-0.25, -0.2) is 0 Å². The fourth-order valence-electron chi connectivity index (χ4n) is 11.7. The summed E-state index contributed by atoms with van der Waals surface area (Å²) in [6, 6.07) is 60.1. The van der Waals surface area contributed by atoms with E-state index < -0.39 is 0 Å². The summed E-state index contributed by atoms with van der Waals surface area (Å²) in [5.41, 5.74) is 24.1. The topological polar surface area (TPSA) is 19.6 Å². The minimum atomic E-state index is -0.300. The van der Waals surface area contributed by atoms with E-state index in [0.29, 0.717) is 0 Å². The molecule has 2 aliphatic heterocycles. The highest BCUT2D eigenvalue weighted by molar-refractivity contribution is 6.94. The summed E-state index contributed by atoms with van der Waals surface area (Å²) >= 11 is 0. The van der Waals surface area contributed by atoms with Crippen molar-refractivity contribution in [1.29, 1.82) is 0 Å². The molecule has 9 aromatic rings. The van der Waals surface area contributed by atoms with E-state index in [1.54, 1.807) is 0 Å². The molecule has 0 bridgehead atoms. The maximum Gasteiger partial charge on any atom is 0.333 e. The Bertz CT molecular complexity index is 3500. The number of hydrogen-bond donors (Lipinski definition) is 0. The van der Waals surface area contributed by atoms with Crippen LogP contribution in [0.15, 0.2) is 162 Å². The van der Waals surface area contributed by atoms with Crippen LogP contribution in [0.1, 0.15) is 104 Å². The van der Waals surface area contributed by atoms with Crippen molar-refractivity contribution in [3.05, 3.63) is 186 Å². The Morgan fingerprint density at radius 3 is 1.85 bits per heavy atom. The summed E-state index contributed by atoms with van der Waals surface area (Å²) in [4.78, 5) is 5.36. The lowest BCUT2D eigenvalue weighted by Gasteiger charge is -2.47. The van der Waals surface area contributed by atoms with Gasteiger partial charge in [-0.15, -0.1) is 0 Å². The Hall–Kier alpha value is -6.78. The second-order valence-electron chi connectivity index (χ2n) is 23.0. The van der Waals surface area contributed by atoms with Crippen LogP contribution in [0.2, 0.25) is 0 Å². The summed E-state index contributed by atoms with van der Waals surface area (Å²) in [5, 5.41) is 2.26. The molecule has 0 unspecified atom stereocenters. The summed E-state index contributed by atoms with van der Waals surface area (Å²) in [6.07, 6.45) is 0. The van der Waals surface area contributed by atoms with Crippen molar-refractivity contribution in [3.8, 4) is 33.4 Å². The minimum absolute atomic E-state index is 0.0164. The van der Waals surface area contributed by atoms with Crippen LogP contribution in [0.5, 0.6) is 0 Å². The molecule has 0 spiro atoms. The monoisotopic (exact) mass is 870 g/mol. The molecule has 1 aliphatic carbocycles. The quantitative estimate of drug-likeness (QED) is 0.165. The van der Waals surface area contributed by atoms with Crippen LogP contribution in [0, 0.1) is 0 Å². The number of rotatable bonds is 3. The summed E-state index contributed by atoms with van der Waals surface area (Å²) in [5.74, 6) is 0. The summed E-state index contributed by atoms with van der Waals surface area (Å²) in [6.45, 7) is 25.6. The zero-order valence-electron chi connectivity index (χ0n) is 40.9. The van der Waals surface area contributed by atoms with Crippen LogP contribution < -0.4 is 20.6 Å². The predicted octanol–water partition coefficient (Wildman–Crippen LogP) is 16.2. The first-order valence-corrected chi connectivity index (χ1v) is 24.2. The molecule has 0 amide bonds. The van der Waals surface area contributed by atoms with Gasteiger partial charge < -0.3 is 14.1 Å². The molecular weight excluding hydrogens is 812 g/mol. The minimum Gasteiger partial charge on any atom is -0.455 e. The SMILES string of the molecule is CC(C)(C)c1ccc(N2B3c4ccc5c(c4N(c4ccc(C(C)(C)C)cc4-c4ccccc4)c4cc6c(oc7ccccc76)c(c43)-c3ccc(C(C)(C)C)cc32)C(C)(C)c2ccccc2-5)cc1. The van der Waals surface area contributed by atoms with Gasteiger partial charge in [-0.05, 0) is 114 Å². The average Bonchev–Trinajstić information content (AvgIpc) is 3.79. The highest BCUT2D eigenvalue weighted by Crippen LogP contribution is 2.58. The van der Waals surface area contributed by atoms with Crippen LogP contribution in [0.3, 0.4) is 0 Å². The molecule has 0 saturated carbocycles. The lowest BCUT2D eigenvalue weighted by atomic mass is 9.42. The van der Waals surface area contributed by atoms with Crippen LogP contribution in [-0.4, -0.2) is 6.85 Å². The van der Waals surface area contributed by atoms with Crippen LogP contribution in [-0.2, 0) is 21.7 Å². The van der Waals surface area contributed by atoms with E-state index in [9.17, 15) is 0 Å². The van der Waals surface area contributed by atoms with Crippen LogP contribution in [0.25, 0.3) is 55.3 Å². The number of hydrogen-bond acceptors (Lipinski definition) is 3. The third kappa shape index (κ3) is 6.11. The van der Waals surface area contributed by atoms with Gasteiger partial charge in [-0.3, -0.25) is 0 Å². The predicted molar refractivity (Wildman–Crippen MR) is 287 cm³/mol. The largest absolute Gasteiger partial charge is 0.455 e. The van der Waals surface area contributed by atoms with Gasteiger partial charge in [0.15, 0.2) is 0 Å².